The van der Waals surface area contributed by atoms with E-state index in [1.807, 2.05) is 7.05 Å². The van der Waals surface area contributed by atoms with Crippen LogP contribution in [0.2, 0.25) is 0 Å². The van der Waals surface area contributed by atoms with Gasteiger partial charge in [0.25, 0.3) is 0 Å². The lowest BCUT2D eigenvalue weighted by molar-refractivity contribution is 0.303. The number of rotatable bonds is 4. The minimum absolute atomic E-state index is 0.521. The molecule has 0 spiro atoms. The molecule has 0 amide bonds. The molecule has 78 valence electrons. The van der Waals surface area contributed by atoms with E-state index >= 15 is 0 Å². The lowest BCUT2D eigenvalue weighted by Crippen LogP contribution is -2.33. The molecule has 2 rings (SSSR count). The van der Waals surface area contributed by atoms with E-state index in [0.717, 1.165) is 5.92 Å². The van der Waals surface area contributed by atoms with Gasteiger partial charge in [-0.15, -0.1) is 5.10 Å². The van der Waals surface area contributed by atoms with Gasteiger partial charge < -0.3 is 15.1 Å². The fourth-order valence-corrected chi connectivity index (χ4v) is 1.73. The predicted molar refractivity (Wildman–Crippen MR) is 52.9 cm³/mol. The van der Waals surface area contributed by atoms with Crippen molar-refractivity contribution < 1.29 is 4.42 Å². The van der Waals surface area contributed by atoms with Gasteiger partial charge in [0.2, 0.25) is 5.89 Å². The first-order valence-electron chi connectivity index (χ1n) is 5.01. The number of hydrogen-bond acceptors (Lipinski definition) is 5. The van der Waals surface area contributed by atoms with Gasteiger partial charge in [-0.05, 0) is 25.8 Å². The van der Waals surface area contributed by atoms with Gasteiger partial charge in [0.05, 0.1) is 6.54 Å². The molecule has 1 aromatic heterocycles. The highest BCUT2D eigenvalue weighted by atomic mass is 16.4. The minimum Gasteiger partial charge on any atom is -0.407 e. The first-order valence-corrected chi connectivity index (χ1v) is 5.01. The summed E-state index contributed by atoms with van der Waals surface area (Å²) >= 11 is 0. The van der Waals surface area contributed by atoms with Crippen molar-refractivity contribution >= 4 is 6.01 Å². The first-order chi connectivity index (χ1) is 6.78. The SMILES string of the molecule is CNCc1nnc(NC2CC(C)C2)o1. The third kappa shape index (κ3) is 2.04. The monoisotopic (exact) mass is 196 g/mol. The lowest BCUT2D eigenvalue weighted by Gasteiger charge is -2.32. The van der Waals surface area contributed by atoms with Crippen LogP contribution in [-0.2, 0) is 6.54 Å². The highest BCUT2D eigenvalue weighted by Crippen LogP contribution is 2.28. The predicted octanol–water partition coefficient (Wildman–Crippen LogP) is 0.999. The molecule has 14 heavy (non-hydrogen) atoms. The molecule has 1 aromatic rings. The topological polar surface area (TPSA) is 63.0 Å². The summed E-state index contributed by atoms with van der Waals surface area (Å²) in [7, 11) is 1.85. The van der Waals surface area contributed by atoms with Crippen molar-refractivity contribution in [3.63, 3.8) is 0 Å². The highest BCUT2D eigenvalue weighted by Gasteiger charge is 2.26. The average molecular weight is 196 g/mol. The van der Waals surface area contributed by atoms with Crippen molar-refractivity contribution in [3.05, 3.63) is 5.89 Å². The minimum atomic E-state index is 0.521. The summed E-state index contributed by atoms with van der Waals surface area (Å²) in [6.45, 7) is 2.87. The molecule has 1 fully saturated rings. The Morgan fingerprint density at radius 2 is 2.21 bits per heavy atom. The van der Waals surface area contributed by atoms with Crippen LogP contribution < -0.4 is 10.6 Å². The van der Waals surface area contributed by atoms with Gasteiger partial charge >= 0.3 is 6.01 Å². The van der Waals surface area contributed by atoms with Crippen LogP contribution in [0.4, 0.5) is 6.01 Å². The third-order valence-electron chi connectivity index (χ3n) is 2.50. The molecule has 5 nitrogen and oxygen atoms in total. The Bertz CT molecular complexity index is 293. The largest absolute Gasteiger partial charge is 0.407 e. The molecule has 0 atom stereocenters. The van der Waals surface area contributed by atoms with Crippen LogP contribution in [0, 0.1) is 5.92 Å². The van der Waals surface area contributed by atoms with E-state index in [4.69, 9.17) is 4.42 Å². The van der Waals surface area contributed by atoms with E-state index in [9.17, 15) is 0 Å². The smallest absolute Gasteiger partial charge is 0.315 e. The highest BCUT2D eigenvalue weighted by molar-refractivity contribution is 5.21. The molecule has 0 unspecified atom stereocenters. The van der Waals surface area contributed by atoms with Crippen LogP contribution >= 0.6 is 0 Å². The molecular weight excluding hydrogens is 180 g/mol. The molecular formula is C9H16N4O. The van der Waals surface area contributed by atoms with E-state index < -0.39 is 0 Å². The second-order valence-electron chi connectivity index (χ2n) is 3.95. The van der Waals surface area contributed by atoms with Crippen molar-refractivity contribution in [1.29, 1.82) is 0 Å². The molecule has 0 aromatic carbocycles. The number of nitrogens with one attached hydrogen (secondary N) is 2. The molecule has 1 heterocycles. The lowest BCUT2D eigenvalue weighted by atomic mass is 9.82. The van der Waals surface area contributed by atoms with Crippen molar-refractivity contribution in [3.8, 4) is 0 Å². The van der Waals surface area contributed by atoms with Crippen molar-refractivity contribution in [2.75, 3.05) is 12.4 Å². The van der Waals surface area contributed by atoms with Gasteiger partial charge in [0.1, 0.15) is 0 Å². The van der Waals surface area contributed by atoms with Crippen LogP contribution in [0.25, 0.3) is 0 Å². The molecule has 0 aliphatic heterocycles. The summed E-state index contributed by atoms with van der Waals surface area (Å²) < 4.78 is 5.37. The summed E-state index contributed by atoms with van der Waals surface area (Å²) in [5.41, 5.74) is 0. The molecule has 0 saturated heterocycles. The molecule has 5 heteroatoms. The van der Waals surface area contributed by atoms with E-state index in [1.165, 1.54) is 12.8 Å². The average Bonchev–Trinajstić information content (AvgIpc) is 2.51. The van der Waals surface area contributed by atoms with Crippen molar-refractivity contribution in [1.82, 2.24) is 15.5 Å². The number of nitrogens with zero attached hydrogens (tertiary/aromatic N) is 2. The summed E-state index contributed by atoms with van der Waals surface area (Å²) in [4.78, 5) is 0. The standard InChI is InChI=1S/C9H16N4O/c1-6-3-7(4-6)11-9-13-12-8(14-9)5-10-2/h6-7,10H,3-5H2,1-2H3,(H,11,13). The number of anilines is 1. The fourth-order valence-electron chi connectivity index (χ4n) is 1.73. The normalized spacial score (nSPS) is 25.9. The molecule has 2 N–H and O–H groups in total. The van der Waals surface area contributed by atoms with Gasteiger partial charge in [0.15, 0.2) is 0 Å². The summed E-state index contributed by atoms with van der Waals surface area (Å²) in [5, 5.41) is 14.0. The molecule has 1 aliphatic carbocycles. The van der Waals surface area contributed by atoms with Crippen LogP contribution in [0.5, 0.6) is 0 Å². The van der Waals surface area contributed by atoms with Crippen LogP contribution in [0.1, 0.15) is 25.7 Å². The maximum atomic E-state index is 5.37. The molecule has 0 bridgehead atoms. The summed E-state index contributed by atoms with van der Waals surface area (Å²) in [6, 6.07) is 1.07. The first kappa shape index (κ1) is 9.45. The van der Waals surface area contributed by atoms with Crippen molar-refractivity contribution in [2.24, 2.45) is 5.92 Å². The zero-order valence-electron chi connectivity index (χ0n) is 8.58. The van der Waals surface area contributed by atoms with E-state index in [1.54, 1.807) is 0 Å². The van der Waals surface area contributed by atoms with E-state index in [-0.39, 0.29) is 0 Å². The van der Waals surface area contributed by atoms with Crippen LogP contribution in [-0.4, -0.2) is 23.3 Å². The Morgan fingerprint density at radius 3 is 2.86 bits per heavy atom. The molecule has 0 radical (unpaired) electrons. The maximum absolute atomic E-state index is 5.37. The number of hydrogen-bond donors (Lipinski definition) is 2. The Kier molecular flexibility index (Phi) is 2.67. The van der Waals surface area contributed by atoms with Crippen LogP contribution in [0.15, 0.2) is 4.42 Å². The Labute approximate surface area is 83.3 Å². The van der Waals surface area contributed by atoms with Gasteiger partial charge in [-0.2, -0.15) is 0 Å². The summed E-state index contributed by atoms with van der Waals surface area (Å²) in [5.74, 6) is 1.45. The summed E-state index contributed by atoms with van der Waals surface area (Å²) in [6.07, 6.45) is 2.40. The Balaban J connectivity index is 1.84. The van der Waals surface area contributed by atoms with Crippen LogP contribution in [0.3, 0.4) is 0 Å². The Hall–Kier alpha value is -1.10. The molecule has 1 aliphatic rings. The van der Waals surface area contributed by atoms with Gasteiger partial charge in [-0.25, -0.2) is 0 Å². The second-order valence-corrected chi connectivity index (χ2v) is 3.95. The zero-order valence-corrected chi connectivity index (χ0v) is 8.58. The van der Waals surface area contributed by atoms with Gasteiger partial charge in [0, 0.05) is 6.04 Å². The van der Waals surface area contributed by atoms with Crippen molar-refractivity contribution in [2.45, 2.75) is 32.4 Å². The quantitative estimate of drug-likeness (QED) is 0.752. The fraction of sp³-hybridized carbons (Fsp3) is 0.778. The second kappa shape index (κ2) is 3.96. The zero-order chi connectivity index (χ0) is 9.97. The van der Waals surface area contributed by atoms with E-state index in [0.29, 0.717) is 24.5 Å². The third-order valence-corrected chi connectivity index (χ3v) is 2.50. The molecule has 1 saturated carbocycles. The number of aromatic nitrogens is 2. The maximum Gasteiger partial charge on any atom is 0.315 e. The van der Waals surface area contributed by atoms with Gasteiger partial charge in [-0.3, -0.25) is 0 Å². The van der Waals surface area contributed by atoms with E-state index in [2.05, 4.69) is 27.8 Å². The Morgan fingerprint density at radius 1 is 1.43 bits per heavy atom. The van der Waals surface area contributed by atoms with Gasteiger partial charge in [-0.1, -0.05) is 12.0 Å².